The molecule has 0 saturated heterocycles. The summed E-state index contributed by atoms with van der Waals surface area (Å²) in [4.78, 5) is 17.0. The van der Waals surface area contributed by atoms with Crippen molar-refractivity contribution < 1.29 is 5.11 Å². The van der Waals surface area contributed by atoms with E-state index >= 15 is 0 Å². The van der Waals surface area contributed by atoms with Crippen molar-refractivity contribution >= 4 is 57.3 Å². The van der Waals surface area contributed by atoms with E-state index in [-0.39, 0.29) is 26.3 Å². The lowest BCUT2D eigenvalue weighted by Crippen LogP contribution is -2.02. The topological polar surface area (TPSA) is 50.2 Å². The molecule has 1 N–H and O–H groups in total. The zero-order valence-electron chi connectivity index (χ0n) is 13.1. The van der Waals surface area contributed by atoms with E-state index in [4.69, 9.17) is 46.4 Å². The minimum atomic E-state index is -0.566. The number of nitrogens with zero attached hydrogens (tertiary/aromatic N) is 1. The normalized spacial score (nSPS) is 11.1. The van der Waals surface area contributed by atoms with Crippen molar-refractivity contribution in [1.82, 2.24) is 4.98 Å². The largest absolute Gasteiger partial charge is 0.505 e. The van der Waals surface area contributed by atoms with E-state index in [1.165, 1.54) is 6.07 Å². The number of aryl methyl sites for hydroxylation is 2. The zero-order chi connectivity index (χ0) is 18.5. The summed E-state index contributed by atoms with van der Waals surface area (Å²) in [5.74, 6) is -0.490. The predicted molar refractivity (Wildman–Crippen MR) is 105 cm³/mol. The standard InChI is InChI=1S/C18H11Cl4NO2/c1-7-3-8(2)17-9(4-7)10(19)5-12(23-17)14-13(24)6-11(20)15(21)16(22)18(14)25/h3-6,25H,1-2H3. The van der Waals surface area contributed by atoms with Crippen LogP contribution in [0.15, 0.2) is 29.1 Å². The Hall–Kier alpha value is -1.52. The molecule has 3 aromatic rings. The van der Waals surface area contributed by atoms with Gasteiger partial charge in [0, 0.05) is 11.5 Å². The van der Waals surface area contributed by atoms with E-state index in [1.54, 1.807) is 0 Å². The second kappa shape index (κ2) is 6.65. The van der Waals surface area contributed by atoms with Crippen molar-refractivity contribution in [3.63, 3.8) is 0 Å². The van der Waals surface area contributed by atoms with Gasteiger partial charge >= 0.3 is 0 Å². The summed E-state index contributed by atoms with van der Waals surface area (Å²) in [5.41, 5.74) is 2.09. The number of benzene rings is 1. The summed E-state index contributed by atoms with van der Waals surface area (Å²) in [6, 6.07) is 6.47. The molecule has 1 heterocycles. The van der Waals surface area contributed by atoms with Gasteiger partial charge in [-0.05, 0) is 31.5 Å². The SMILES string of the molecule is Cc1cc(C)c2nc(-c3c(O)c(Cl)c(Cl)c(Cl)cc3=O)cc(Cl)c2c1. The average Bonchev–Trinajstić information content (AvgIpc) is 2.60. The van der Waals surface area contributed by atoms with Gasteiger partial charge in [0.25, 0.3) is 0 Å². The van der Waals surface area contributed by atoms with Crippen LogP contribution < -0.4 is 5.43 Å². The molecule has 0 atom stereocenters. The number of fused-ring (bicyclic) bond motifs is 1. The number of aromatic nitrogens is 1. The molecule has 0 amide bonds. The molecular formula is C18H11Cl4NO2. The molecule has 2 aromatic carbocycles. The quantitative estimate of drug-likeness (QED) is 0.515. The lowest BCUT2D eigenvalue weighted by Gasteiger charge is -2.09. The van der Waals surface area contributed by atoms with Crippen molar-refractivity contribution in [3.8, 4) is 17.0 Å². The van der Waals surface area contributed by atoms with Gasteiger partial charge in [-0.25, -0.2) is 4.98 Å². The van der Waals surface area contributed by atoms with E-state index in [1.807, 2.05) is 26.0 Å². The zero-order valence-corrected chi connectivity index (χ0v) is 16.1. The molecule has 0 spiro atoms. The molecule has 0 unspecified atom stereocenters. The Balaban J connectivity index is 2.45. The summed E-state index contributed by atoms with van der Waals surface area (Å²) in [6.45, 7) is 3.85. The number of hydrogen-bond donors (Lipinski definition) is 1. The van der Waals surface area contributed by atoms with Crippen LogP contribution in [0.3, 0.4) is 0 Å². The molecular weight excluding hydrogens is 404 g/mol. The van der Waals surface area contributed by atoms with Crippen molar-refractivity contribution in [2.45, 2.75) is 13.8 Å². The first-order valence-corrected chi connectivity index (χ1v) is 8.70. The Bertz CT molecular complexity index is 1100. The van der Waals surface area contributed by atoms with Crippen LogP contribution in [0.5, 0.6) is 5.75 Å². The lowest BCUT2D eigenvalue weighted by molar-refractivity contribution is 0.477. The van der Waals surface area contributed by atoms with Crippen LogP contribution in [0.4, 0.5) is 0 Å². The predicted octanol–water partition coefficient (Wildman–Crippen LogP) is 6.20. The van der Waals surface area contributed by atoms with Gasteiger partial charge in [0.15, 0.2) is 5.43 Å². The van der Waals surface area contributed by atoms with E-state index < -0.39 is 11.2 Å². The van der Waals surface area contributed by atoms with Crippen molar-refractivity contribution in [1.29, 1.82) is 0 Å². The molecule has 0 aliphatic rings. The van der Waals surface area contributed by atoms with Crippen LogP contribution in [0.2, 0.25) is 20.1 Å². The second-order valence-electron chi connectivity index (χ2n) is 5.68. The maximum Gasteiger partial charge on any atom is 0.193 e. The minimum absolute atomic E-state index is 0.0584. The number of hydrogen-bond acceptors (Lipinski definition) is 3. The van der Waals surface area contributed by atoms with E-state index in [2.05, 4.69) is 4.98 Å². The Morgan fingerprint density at radius 3 is 2.28 bits per heavy atom. The summed E-state index contributed by atoms with van der Waals surface area (Å²) < 4.78 is 0. The first-order valence-electron chi connectivity index (χ1n) is 7.19. The van der Waals surface area contributed by atoms with Gasteiger partial charge in [0.05, 0.1) is 31.8 Å². The first-order chi connectivity index (χ1) is 11.7. The number of halogens is 4. The summed E-state index contributed by atoms with van der Waals surface area (Å²) in [6.07, 6.45) is 0. The fraction of sp³-hybridized carbons (Fsp3) is 0.111. The maximum absolute atomic E-state index is 12.5. The van der Waals surface area contributed by atoms with Crippen molar-refractivity contribution in [3.05, 3.63) is 65.7 Å². The molecule has 25 heavy (non-hydrogen) atoms. The third kappa shape index (κ3) is 3.18. The van der Waals surface area contributed by atoms with E-state index in [0.717, 1.165) is 22.6 Å². The fourth-order valence-electron chi connectivity index (χ4n) is 2.70. The highest BCUT2D eigenvalue weighted by atomic mass is 35.5. The molecule has 3 rings (SSSR count). The molecule has 0 bridgehead atoms. The molecule has 1 aromatic heterocycles. The highest BCUT2D eigenvalue weighted by molar-refractivity contribution is 6.48. The number of aromatic hydroxyl groups is 1. The van der Waals surface area contributed by atoms with Gasteiger partial charge in [-0.1, -0.05) is 58.0 Å². The minimum Gasteiger partial charge on any atom is -0.505 e. The lowest BCUT2D eigenvalue weighted by atomic mass is 10.0. The fourth-order valence-corrected chi connectivity index (χ4v) is 3.53. The van der Waals surface area contributed by atoms with Crippen LogP contribution in [0.1, 0.15) is 11.1 Å². The Kier molecular flexibility index (Phi) is 4.86. The van der Waals surface area contributed by atoms with Crippen LogP contribution in [-0.4, -0.2) is 10.1 Å². The molecule has 0 aliphatic carbocycles. The molecule has 7 heteroatoms. The van der Waals surface area contributed by atoms with Crippen LogP contribution in [0.25, 0.3) is 22.2 Å². The highest BCUT2D eigenvalue weighted by Crippen LogP contribution is 2.40. The Morgan fingerprint density at radius 1 is 0.920 bits per heavy atom. The number of rotatable bonds is 1. The smallest absolute Gasteiger partial charge is 0.193 e. The van der Waals surface area contributed by atoms with Gasteiger partial charge in [0.2, 0.25) is 0 Å². The molecule has 0 fully saturated rings. The van der Waals surface area contributed by atoms with Crippen molar-refractivity contribution in [2.75, 3.05) is 0 Å². The van der Waals surface area contributed by atoms with E-state index in [0.29, 0.717) is 10.5 Å². The van der Waals surface area contributed by atoms with Crippen molar-refractivity contribution in [2.24, 2.45) is 0 Å². The molecule has 0 radical (unpaired) electrons. The molecule has 128 valence electrons. The van der Waals surface area contributed by atoms with Crippen LogP contribution >= 0.6 is 46.4 Å². The third-order valence-corrected chi connectivity index (χ3v) is 5.37. The van der Waals surface area contributed by atoms with Gasteiger partial charge < -0.3 is 5.11 Å². The molecule has 0 saturated carbocycles. The van der Waals surface area contributed by atoms with E-state index in [9.17, 15) is 9.90 Å². The van der Waals surface area contributed by atoms with Gasteiger partial charge in [0.1, 0.15) is 10.8 Å². The summed E-state index contributed by atoms with van der Waals surface area (Å²) in [7, 11) is 0. The second-order valence-corrected chi connectivity index (χ2v) is 7.25. The molecule has 0 aliphatic heterocycles. The molecule has 3 nitrogen and oxygen atoms in total. The maximum atomic E-state index is 12.5. The van der Waals surface area contributed by atoms with Crippen LogP contribution in [-0.2, 0) is 0 Å². The summed E-state index contributed by atoms with van der Waals surface area (Å²) in [5, 5.41) is 11.2. The highest BCUT2D eigenvalue weighted by Gasteiger charge is 2.19. The monoisotopic (exact) mass is 413 g/mol. The first kappa shape index (κ1) is 18.3. The Morgan fingerprint density at radius 2 is 1.60 bits per heavy atom. The summed E-state index contributed by atoms with van der Waals surface area (Å²) >= 11 is 24.3. The Labute approximate surface area is 163 Å². The van der Waals surface area contributed by atoms with Gasteiger partial charge in [-0.2, -0.15) is 0 Å². The average molecular weight is 415 g/mol. The third-order valence-electron chi connectivity index (χ3n) is 3.81. The number of pyridine rings is 1. The van der Waals surface area contributed by atoms with Gasteiger partial charge in [-0.3, -0.25) is 4.79 Å². The van der Waals surface area contributed by atoms with Gasteiger partial charge in [-0.15, -0.1) is 0 Å². The van der Waals surface area contributed by atoms with Crippen LogP contribution in [0, 0.1) is 13.8 Å².